The second-order valence-electron chi connectivity index (χ2n) is 4.68. The third-order valence-electron chi connectivity index (χ3n) is 3.17. The van der Waals surface area contributed by atoms with Crippen LogP contribution in [0.5, 0.6) is 0 Å². The molecule has 0 N–H and O–H groups in total. The summed E-state index contributed by atoms with van der Waals surface area (Å²) in [6.07, 6.45) is 3.06. The van der Waals surface area contributed by atoms with Gasteiger partial charge in [-0.05, 0) is 59.9 Å². The zero-order chi connectivity index (χ0) is 16.7. The number of nitrogens with zero attached hydrogens (tertiary/aromatic N) is 2. The van der Waals surface area contributed by atoms with Crippen LogP contribution in [0.25, 0.3) is 6.08 Å². The molecular weight excluding hydrogens is 304 g/mol. The van der Waals surface area contributed by atoms with E-state index in [9.17, 15) is 4.79 Å². The van der Waals surface area contributed by atoms with Gasteiger partial charge in [-0.3, -0.25) is 4.79 Å². The van der Waals surface area contributed by atoms with Gasteiger partial charge in [-0.1, -0.05) is 13.0 Å². The minimum absolute atomic E-state index is 0.119. The minimum atomic E-state index is -0.119. The van der Waals surface area contributed by atoms with E-state index >= 15 is 0 Å². The number of carbonyl (C=O) groups excluding carboxylic acids is 1. The molecule has 0 atom stereocenters. The minimum Gasteiger partial charge on any atom is -0.289 e. The highest BCUT2D eigenvalue weighted by Gasteiger charge is 2.04. The zero-order valence-electron chi connectivity index (χ0n) is 12.6. The number of hydrogen-bond acceptors (Lipinski definition) is 4. The van der Waals surface area contributed by atoms with Crippen molar-refractivity contribution in [3.8, 4) is 12.1 Å². The lowest BCUT2D eigenvalue weighted by molar-refractivity contribution is 0.104. The number of allylic oxidation sites excluding steroid dienone is 1. The van der Waals surface area contributed by atoms with Crippen molar-refractivity contribution in [2.45, 2.75) is 11.8 Å². The molecule has 0 aliphatic heterocycles. The summed E-state index contributed by atoms with van der Waals surface area (Å²) in [6, 6.07) is 16.3. The van der Waals surface area contributed by atoms with Crippen LogP contribution >= 0.6 is 11.8 Å². The Labute approximate surface area is 139 Å². The summed E-state index contributed by atoms with van der Waals surface area (Å²) < 4.78 is 0. The highest BCUT2D eigenvalue weighted by molar-refractivity contribution is 7.99. The normalized spacial score (nSPS) is 10.2. The van der Waals surface area contributed by atoms with Crippen LogP contribution in [0.3, 0.4) is 0 Å². The van der Waals surface area contributed by atoms with Gasteiger partial charge in [-0.2, -0.15) is 10.5 Å². The van der Waals surface area contributed by atoms with E-state index in [1.807, 2.05) is 24.3 Å². The number of nitriles is 2. The Morgan fingerprint density at radius 3 is 2.48 bits per heavy atom. The van der Waals surface area contributed by atoms with Gasteiger partial charge >= 0.3 is 0 Å². The van der Waals surface area contributed by atoms with Gasteiger partial charge in [-0.15, -0.1) is 11.8 Å². The third kappa shape index (κ3) is 4.32. The molecule has 0 heterocycles. The molecule has 0 fully saturated rings. The van der Waals surface area contributed by atoms with Gasteiger partial charge < -0.3 is 0 Å². The molecule has 0 spiro atoms. The molecule has 0 radical (unpaired) electrons. The lowest BCUT2D eigenvalue weighted by Gasteiger charge is -2.01. The molecule has 2 aromatic carbocycles. The molecule has 0 aliphatic carbocycles. The average Bonchev–Trinajstić information content (AvgIpc) is 2.60. The van der Waals surface area contributed by atoms with Gasteiger partial charge in [0.25, 0.3) is 0 Å². The molecule has 112 valence electrons. The van der Waals surface area contributed by atoms with Crippen molar-refractivity contribution >= 4 is 23.6 Å². The van der Waals surface area contributed by atoms with Crippen molar-refractivity contribution in [1.82, 2.24) is 0 Å². The van der Waals surface area contributed by atoms with Crippen molar-refractivity contribution in [1.29, 1.82) is 10.5 Å². The SMILES string of the molecule is CCSc1ccc(C(=O)/C=C/c2ccc(C#N)cc2C#N)cc1. The topological polar surface area (TPSA) is 64.7 Å². The first-order valence-corrected chi connectivity index (χ1v) is 8.06. The molecule has 0 aromatic heterocycles. The van der Waals surface area contributed by atoms with Crippen LogP contribution in [-0.2, 0) is 0 Å². The monoisotopic (exact) mass is 318 g/mol. The van der Waals surface area contributed by atoms with Crippen LogP contribution in [0.2, 0.25) is 0 Å². The Hall–Kier alpha value is -2.82. The summed E-state index contributed by atoms with van der Waals surface area (Å²) in [7, 11) is 0. The molecule has 0 amide bonds. The summed E-state index contributed by atoms with van der Waals surface area (Å²) in [4.78, 5) is 13.3. The lowest BCUT2D eigenvalue weighted by atomic mass is 10.0. The summed E-state index contributed by atoms with van der Waals surface area (Å²) in [5.41, 5.74) is 2.03. The molecule has 0 unspecified atom stereocenters. The highest BCUT2D eigenvalue weighted by Crippen LogP contribution is 2.18. The number of ketones is 1. The third-order valence-corrected chi connectivity index (χ3v) is 4.06. The predicted molar refractivity (Wildman–Crippen MR) is 92.1 cm³/mol. The van der Waals surface area contributed by atoms with E-state index in [4.69, 9.17) is 10.5 Å². The molecule has 2 aromatic rings. The van der Waals surface area contributed by atoms with E-state index in [1.54, 1.807) is 42.1 Å². The van der Waals surface area contributed by atoms with E-state index in [-0.39, 0.29) is 5.78 Å². The number of hydrogen-bond donors (Lipinski definition) is 0. The van der Waals surface area contributed by atoms with Gasteiger partial charge in [0.15, 0.2) is 5.78 Å². The molecule has 4 heteroatoms. The van der Waals surface area contributed by atoms with Crippen LogP contribution in [0, 0.1) is 22.7 Å². The number of benzene rings is 2. The fraction of sp³-hybridized carbons (Fsp3) is 0.105. The lowest BCUT2D eigenvalue weighted by Crippen LogP contribution is -1.94. The van der Waals surface area contributed by atoms with Gasteiger partial charge in [0.05, 0.1) is 23.3 Å². The van der Waals surface area contributed by atoms with Crippen molar-refractivity contribution in [3.63, 3.8) is 0 Å². The van der Waals surface area contributed by atoms with Gasteiger partial charge in [0.1, 0.15) is 0 Å². The average molecular weight is 318 g/mol. The van der Waals surface area contributed by atoms with Crippen LogP contribution in [0.4, 0.5) is 0 Å². The second kappa shape index (κ2) is 7.98. The molecular formula is C19H14N2OS. The van der Waals surface area contributed by atoms with Crippen molar-refractivity contribution in [2.24, 2.45) is 0 Å². The fourth-order valence-corrected chi connectivity index (χ4v) is 2.67. The quantitative estimate of drug-likeness (QED) is 0.464. The predicted octanol–water partition coefficient (Wildman–Crippen LogP) is 4.44. The maximum atomic E-state index is 12.2. The Kier molecular flexibility index (Phi) is 5.74. The standard InChI is InChI=1S/C19H14N2OS/c1-2-23-18-8-5-16(6-9-18)19(22)10-7-15-4-3-14(12-20)11-17(15)13-21/h3-11H,2H2,1H3/b10-7+. The summed E-state index contributed by atoms with van der Waals surface area (Å²) in [5, 5.41) is 18.0. The molecule has 0 saturated heterocycles. The summed E-state index contributed by atoms with van der Waals surface area (Å²) in [6.45, 7) is 2.08. The largest absolute Gasteiger partial charge is 0.289 e. The molecule has 3 nitrogen and oxygen atoms in total. The fourth-order valence-electron chi connectivity index (χ4n) is 2.01. The van der Waals surface area contributed by atoms with Crippen LogP contribution < -0.4 is 0 Å². The molecule has 2 rings (SSSR count). The van der Waals surface area contributed by atoms with Crippen molar-refractivity contribution in [3.05, 3.63) is 70.8 Å². The van der Waals surface area contributed by atoms with Crippen LogP contribution in [0.15, 0.2) is 53.4 Å². The van der Waals surface area contributed by atoms with Crippen LogP contribution in [-0.4, -0.2) is 11.5 Å². The number of rotatable bonds is 5. The Morgan fingerprint density at radius 2 is 1.87 bits per heavy atom. The zero-order valence-corrected chi connectivity index (χ0v) is 13.4. The Morgan fingerprint density at radius 1 is 1.13 bits per heavy atom. The van der Waals surface area contributed by atoms with Crippen molar-refractivity contribution < 1.29 is 4.79 Å². The van der Waals surface area contributed by atoms with E-state index in [2.05, 4.69) is 6.92 Å². The van der Waals surface area contributed by atoms with E-state index in [1.165, 1.54) is 12.1 Å². The highest BCUT2D eigenvalue weighted by atomic mass is 32.2. The maximum Gasteiger partial charge on any atom is 0.185 e. The second-order valence-corrected chi connectivity index (χ2v) is 6.02. The molecule has 0 aliphatic rings. The number of carbonyl (C=O) groups is 1. The van der Waals surface area contributed by atoms with E-state index < -0.39 is 0 Å². The van der Waals surface area contributed by atoms with Gasteiger partial charge in [-0.25, -0.2) is 0 Å². The van der Waals surface area contributed by atoms with Gasteiger partial charge in [0.2, 0.25) is 0 Å². The smallest absolute Gasteiger partial charge is 0.185 e. The molecule has 0 saturated carbocycles. The molecule has 0 bridgehead atoms. The van der Waals surface area contributed by atoms with E-state index in [0.717, 1.165) is 10.6 Å². The Bertz CT molecular complexity index is 824. The summed E-state index contributed by atoms with van der Waals surface area (Å²) >= 11 is 1.72. The first-order chi connectivity index (χ1) is 11.2. The first-order valence-electron chi connectivity index (χ1n) is 7.07. The van der Waals surface area contributed by atoms with Crippen LogP contribution in [0.1, 0.15) is 34.0 Å². The summed E-state index contributed by atoms with van der Waals surface area (Å²) in [5.74, 6) is 0.870. The maximum absolute atomic E-state index is 12.2. The van der Waals surface area contributed by atoms with Crippen molar-refractivity contribution in [2.75, 3.05) is 5.75 Å². The molecule has 23 heavy (non-hydrogen) atoms. The first kappa shape index (κ1) is 16.5. The Balaban J connectivity index is 2.18. The number of thioether (sulfide) groups is 1. The van der Waals surface area contributed by atoms with E-state index in [0.29, 0.717) is 22.3 Å². The van der Waals surface area contributed by atoms with Gasteiger partial charge in [0, 0.05) is 10.5 Å².